The van der Waals surface area contributed by atoms with Crippen LogP contribution in [0, 0.1) is 5.92 Å². The lowest BCUT2D eigenvalue weighted by Gasteiger charge is -2.28. The first-order valence-corrected chi connectivity index (χ1v) is 7.11. The van der Waals surface area contributed by atoms with Gasteiger partial charge in [0.15, 0.2) is 0 Å². The van der Waals surface area contributed by atoms with Gasteiger partial charge in [-0.1, -0.05) is 6.42 Å². The van der Waals surface area contributed by atoms with E-state index >= 15 is 0 Å². The standard InChI is InChI=1S/C11H22N2S/c1-14-11-4-2-3-10(11)13-6-5-9(7-12)8-13/h9-11H,2-8,12H2,1H3. The van der Waals surface area contributed by atoms with E-state index in [0.717, 1.165) is 23.8 Å². The number of thioether (sulfide) groups is 1. The van der Waals surface area contributed by atoms with Gasteiger partial charge in [0, 0.05) is 17.8 Å². The fourth-order valence-electron chi connectivity index (χ4n) is 2.96. The molecule has 0 amide bonds. The van der Waals surface area contributed by atoms with E-state index in [0.29, 0.717) is 0 Å². The van der Waals surface area contributed by atoms with Gasteiger partial charge in [-0.25, -0.2) is 0 Å². The van der Waals surface area contributed by atoms with Crippen LogP contribution in [0.1, 0.15) is 25.7 Å². The molecule has 0 aromatic rings. The lowest BCUT2D eigenvalue weighted by atomic mass is 10.1. The van der Waals surface area contributed by atoms with Gasteiger partial charge in [0.2, 0.25) is 0 Å². The zero-order chi connectivity index (χ0) is 9.97. The normalized spacial score (nSPS) is 39.4. The Kier molecular flexibility index (Phi) is 3.74. The molecule has 14 heavy (non-hydrogen) atoms. The second kappa shape index (κ2) is 4.86. The highest BCUT2D eigenvalue weighted by Crippen LogP contribution is 2.34. The fraction of sp³-hybridized carbons (Fsp3) is 1.00. The van der Waals surface area contributed by atoms with E-state index < -0.39 is 0 Å². The Bertz CT molecular complexity index is 186. The monoisotopic (exact) mass is 214 g/mol. The van der Waals surface area contributed by atoms with Gasteiger partial charge in [0.1, 0.15) is 0 Å². The molecule has 0 bridgehead atoms. The summed E-state index contributed by atoms with van der Waals surface area (Å²) >= 11 is 2.06. The highest BCUT2D eigenvalue weighted by Gasteiger charge is 2.34. The van der Waals surface area contributed by atoms with Crippen molar-refractivity contribution < 1.29 is 0 Å². The molecule has 1 aliphatic heterocycles. The molecule has 1 saturated carbocycles. The van der Waals surface area contributed by atoms with E-state index in [4.69, 9.17) is 5.73 Å². The van der Waals surface area contributed by atoms with Gasteiger partial charge in [0.05, 0.1) is 0 Å². The molecule has 0 aromatic carbocycles. The summed E-state index contributed by atoms with van der Waals surface area (Å²) in [4.78, 5) is 2.70. The second-order valence-electron chi connectivity index (χ2n) is 4.66. The molecule has 2 N–H and O–H groups in total. The van der Waals surface area contributed by atoms with Crippen molar-refractivity contribution in [1.82, 2.24) is 4.90 Å². The van der Waals surface area contributed by atoms with Gasteiger partial charge in [-0.3, -0.25) is 4.90 Å². The fourth-order valence-corrected chi connectivity index (χ4v) is 3.98. The van der Waals surface area contributed by atoms with Gasteiger partial charge in [-0.05, 0) is 44.5 Å². The predicted molar refractivity (Wildman–Crippen MR) is 63.7 cm³/mol. The third kappa shape index (κ3) is 2.10. The minimum absolute atomic E-state index is 0.776. The van der Waals surface area contributed by atoms with Crippen LogP contribution in [0.25, 0.3) is 0 Å². The Hall–Kier alpha value is 0.270. The van der Waals surface area contributed by atoms with Crippen molar-refractivity contribution in [3.05, 3.63) is 0 Å². The molecule has 2 aliphatic rings. The average molecular weight is 214 g/mol. The predicted octanol–water partition coefficient (Wildman–Crippen LogP) is 1.55. The molecule has 2 fully saturated rings. The first-order valence-electron chi connectivity index (χ1n) is 5.82. The van der Waals surface area contributed by atoms with E-state index in [1.807, 2.05) is 0 Å². The Morgan fingerprint density at radius 1 is 1.36 bits per heavy atom. The smallest absolute Gasteiger partial charge is 0.0214 e. The van der Waals surface area contributed by atoms with Crippen molar-refractivity contribution >= 4 is 11.8 Å². The third-order valence-corrected chi connectivity index (χ3v) is 5.00. The molecule has 1 heterocycles. The molecule has 3 atom stereocenters. The molecular formula is C11H22N2S. The first-order chi connectivity index (χ1) is 6.85. The third-order valence-electron chi connectivity index (χ3n) is 3.84. The van der Waals surface area contributed by atoms with E-state index in [-0.39, 0.29) is 0 Å². The quantitative estimate of drug-likeness (QED) is 0.773. The lowest BCUT2D eigenvalue weighted by Crippen LogP contribution is -2.37. The van der Waals surface area contributed by atoms with Crippen molar-refractivity contribution in [3.63, 3.8) is 0 Å². The zero-order valence-electron chi connectivity index (χ0n) is 9.11. The van der Waals surface area contributed by atoms with Gasteiger partial charge < -0.3 is 5.73 Å². The summed E-state index contributed by atoms with van der Waals surface area (Å²) in [5.41, 5.74) is 5.73. The molecular weight excluding hydrogens is 192 g/mol. The van der Waals surface area contributed by atoms with Crippen LogP contribution in [0.2, 0.25) is 0 Å². The van der Waals surface area contributed by atoms with E-state index in [1.54, 1.807) is 0 Å². The molecule has 1 saturated heterocycles. The number of hydrogen-bond acceptors (Lipinski definition) is 3. The van der Waals surface area contributed by atoms with Crippen molar-refractivity contribution in [3.8, 4) is 0 Å². The van der Waals surface area contributed by atoms with Crippen LogP contribution in [0.15, 0.2) is 0 Å². The highest BCUT2D eigenvalue weighted by atomic mass is 32.2. The molecule has 2 nitrogen and oxygen atoms in total. The topological polar surface area (TPSA) is 29.3 Å². The highest BCUT2D eigenvalue weighted by molar-refractivity contribution is 7.99. The summed E-state index contributed by atoms with van der Waals surface area (Å²) in [5.74, 6) is 0.776. The van der Waals surface area contributed by atoms with Crippen molar-refractivity contribution in [1.29, 1.82) is 0 Å². The first kappa shape index (κ1) is 10.8. The van der Waals surface area contributed by atoms with Crippen LogP contribution in [-0.2, 0) is 0 Å². The Morgan fingerprint density at radius 3 is 2.86 bits per heavy atom. The Balaban J connectivity index is 1.89. The van der Waals surface area contributed by atoms with Crippen molar-refractivity contribution in [2.45, 2.75) is 37.0 Å². The molecule has 1 aliphatic carbocycles. The van der Waals surface area contributed by atoms with E-state index in [1.165, 1.54) is 38.8 Å². The van der Waals surface area contributed by atoms with Crippen molar-refractivity contribution in [2.24, 2.45) is 11.7 Å². The van der Waals surface area contributed by atoms with Crippen LogP contribution >= 0.6 is 11.8 Å². The number of rotatable bonds is 3. The largest absolute Gasteiger partial charge is 0.330 e. The van der Waals surface area contributed by atoms with Crippen LogP contribution in [0.3, 0.4) is 0 Å². The van der Waals surface area contributed by atoms with Gasteiger partial charge in [0.25, 0.3) is 0 Å². The van der Waals surface area contributed by atoms with E-state index in [2.05, 4.69) is 22.9 Å². The summed E-state index contributed by atoms with van der Waals surface area (Å²) in [6, 6.07) is 0.863. The minimum atomic E-state index is 0.776. The van der Waals surface area contributed by atoms with Crippen LogP contribution in [-0.4, -0.2) is 42.1 Å². The van der Waals surface area contributed by atoms with Crippen LogP contribution < -0.4 is 5.73 Å². The zero-order valence-corrected chi connectivity index (χ0v) is 9.93. The molecule has 2 rings (SSSR count). The second-order valence-corrected chi connectivity index (χ2v) is 5.73. The number of hydrogen-bond donors (Lipinski definition) is 1. The van der Waals surface area contributed by atoms with Crippen molar-refractivity contribution in [2.75, 3.05) is 25.9 Å². The molecule has 0 radical (unpaired) electrons. The molecule has 82 valence electrons. The summed E-state index contributed by atoms with van der Waals surface area (Å²) in [6.07, 6.45) is 7.87. The van der Waals surface area contributed by atoms with Crippen LogP contribution in [0.5, 0.6) is 0 Å². The molecule has 3 unspecified atom stereocenters. The van der Waals surface area contributed by atoms with Gasteiger partial charge in [-0.15, -0.1) is 0 Å². The molecule has 3 heteroatoms. The maximum atomic E-state index is 5.73. The Morgan fingerprint density at radius 2 is 2.21 bits per heavy atom. The number of nitrogens with two attached hydrogens (primary N) is 1. The summed E-state index contributed by atoms with van der Waals surface area (Å²) in [7, 11) is 0. The maximum absolute atomic E-state index is 5.73. The lowest BCUT2D eigenvalue weighted by molar-refractivity contribution is 0.242. The van der Waals surface area contributed by atoms with Gasteiger partial charge in [-0.2, -0.15) is 11.8 Å². The van der Waals surface area contributed by atoms with Crippen LogP contribution in [0.4, 0.5) is 0 Å². The minimum Gasteiger partial charge on any atom is -0.330 e. The summed E-state index contributed by atoms with van der Waals surface area (Å²) in [5, 5.41) is 0.895. The average Bonchev–Trinajstić information content (AvgIpc) is 2.85. The summed E-state index contributed by atoms with van der Waals surface area (Å²) in [6.45, 7) is 3.44. The number of likely N-dealkylation sites (tertiary alicyclic amines) is 1. The van der Waals surface area contributed by atoms with E-state index in [9.17, 15) is 0 Å². The maximum Gasteiger partial charge on any atom is 0.0214 e. The van der Waals surface area contributed by atoms with Gasteiger partial charge >= 0.3 is 0 Å². The summed E-state index contributed by atoms with van der Waals surface area (Å²) < 4.78 is 0. The Labute approximate surface area is 91.6 Å². The molecule has 0 aromatic heterocycles. The molecule has 0 spiro atoms. The number of nitrogens with zero attached hydrogens (tertiary/aromatic N) is 1. The SMILES string of the molecule is CSC1CCCC1N1CCC(CN)C1.